The molecule has 1 rings (SSSR count). The Balaban J connectivity index is 2.69. The van der Waals surface area contributed by atoms with Gasteiger partial charge in [0, 0.05) is 5.92 Å². The van der Waals surface area contributed by atoms with Crippen LogP contribution in [-0.2, 0) is 9.59 Å². The first-order valence-electron chi connectivity index (χ1n) is 7.15. The zero-order valence-electron chi connectivity index (χ0n) is 12.7. The van der Waals surface area contributed by atoms with Crippen LogP contribution in [0.25, 0.3) is 0 Å². The molecule has 19 heavy (non-hydrogen) atoms. The second-order valence-electron chi connectivity index (χ2n) is 7.18. The molecule has 0 spiro atoms. The summed E-state index contributed by atoms with van der Waals surface area (Å²) in [6, 6.07) is -0.784. The lowest BCUT2D eigenvalue weighted by atomic mass is 9.68. The summed E-state index contributed by atoms with van der Waals surface area (Å²) in [5, 5.41) is 11.8. The molecule has 3 unspecified atom stereocenters. The Hall–Kier alpha value is -1.06. The van der Waals surface area contributed by atoms with E-state index in [0.717, 1.165) is 19.3 Å². The van der Waals surface area contributed by atoms with E-state index in [4.69, 9.17) is 5.11 Å². The molecular formula is C15H27NO3. The van der Waals surface area contributed by atoms with Crippen molar-refractivity contribution in [2.45, 2.75) is 59.9 Å². The number of rotatable bonds is 4. The van der Waals surface area contributed by atoms with Crippen LogP contribution in [0.2, 0.25) is 0 Å². The van der Waals surface area contributed by atoms with E-state index in [1.807, 2.05) is 13.8 Å². The molecule has 2 N–H and O–H groups in total. The second-order valence-corrected chi connectivity index (χ2v) is 7.18. The lowest BCUT2D eigenvalue weighted by molar-refractivity contribution is -0.144. The van der Waals surface area contributed by atoms with E-state index in [2.05, 4.69) is 26.1 Å². The van der Waals surface area contributed by atoms with Gasteiger partial charge in [-0.05, 0) is 36.5 Å². The van der Waals surface area contributed by atoms with Crippen LogP contribution in [0.5, 0.6) is 0 Å². The molecule has 3 atom stereocenters. The van der Waals surface area contributed by atoms with Crippen molar-refractivity contribution in [1.29, 1.82) is 0 Å². The molecule has 1 fully saturated rings. The van der Waals surface area contributed by atoms with Gasteiger partial charge in [-0.2, -0.15) is 0 Å². The van der Waals surface area contributed by atoms with Crippen LogP contribution in [0.3, 0.4) is 0 Å². The van der Waals surface area contributed by atoms with Crippen molar-refractivity contribution >= 4 is 11.9 Å². The number of carbonyl (C=O) groups is 2. The number of amides is 1. The van der Waals surface area contributed by atoms with E-state index in [0.29, 0.717) is 5.92 Å². The molecule has 0 aliphatic heterocycles. The van der Waals surface area contributed by atoms with Crippen LogP contribution in [0, 0.1) is 23.2 Å². The van der Waals surface area contributed by atoms with E-state index >= 15 is 0 Å². The molecule has 1 aliphatic carbocycles. The molecule has 1 aliphatic rings. The number of carboxylic acid groups (broad SMARTS) is 1. The Kier molecular flexibility index (Phi) is 4.99. The fourth-order valence-corrected chi connectivity index (χ4v) is 3.33. The van der Waals surface area contributed by atoms with E-state index in [9.17, 15) is 9.59 Å². The highest BCUT2D eigenvalue weighted by Crippen LogP contribution is 2.41. The van der Waals surface area contributed by atoms with Crippen molar-refractivity contribution in [2.75, 3.05) is 0 Å². The van der Waals surface area contributed by atoms with Crippen molar-refractivity contribution in [3.05, 3.63) is 0 Å². The standard InChI is InChI=1S/C15H27NO3/c1-9(2)12(14(18)19)16-13(17)11-6-10(3)7-15(4,5)8-11/h9-12H,6-8H2,1-5H3,(H,16,17)(H,18,19). The minimum Gasteiger partial charge on any atom is -0.480 e. The van der Waals surface area contributed by atoms with Gasteiger partial charge in [0.2, 0.25) is 5.91 Å². The van der Waals surface area contributed by atoms with Crippen molar-refractivity contribution in [2.24, 2.45) is 23.2 Å². The third-order valence-corrected chi connectivity index (χ3v) is 3.99. The summed E-state index contributed by atoms with van der Waals surface area (Å²) >= 11 is 0. The summed E-state index contributed by atoms with van der Waals surface area (Å²) in [5.41, 5.74) is 0.163. The van der Waals surface area contributed by atoms with Crippen LogP contribution in [0.4, 0.5) is 0 Å². The first-order chi connectivity index (χ1) is 8.62. The van der Waals surface area contributed by atoms with Crippen molar-refractivity contribution in [3.63, 3.8) is 0 Å². The number of hydrogen-bond acceptors (Lipinski definition) is 2. The highest BCUT2D eigenvalue weighted by molar-refractivity contribution is 5.85. The maximum absolute atomic E-state index is 12.3. The monoisotopic (exact) mass is 269 g/mol. The Morgan fingerprint density at radius 3 is 2.26 bits per heavy atom. The predicted octanol–water partition coefficient (Wildman–Crippen LogP) is 2.67. The molecule has 1 saturated carbocycles. The van der Waals surface area contributed by atoms with Crippen LogP contribution in [-0.4, -0.2) is 23.0 Å². The smallest absolute Gasteiger partial charge is 0.326 e. The fraction of sp³-hybridized carbons (Fsp3) is 0.867. The number of nitrogens with one attached hydrogen (secondary N) is 1. The van der Waals surface area contributed by atoms with Crippen LogP contribution >= 0.6 is 0 Å². The Bertz CT molecular complexity index is 349. The topological polar surface area (TPSA) is 66.4 Å². The maximum Gasteiger partial charge on any atom is 0.326 e. The molecule has 4 heteroatoms. The van der Waals surface area contributed by atoms with Crippen molar-refractivity contribution < 1.29 is 14.7 Å². The molecule has 0 aromatic rings. The maximum atomic E-state index is 12.3. The normalized spacial score (nSPS) is 27.9. The number of carbonyl (C=O) groups excluding carboxylic acids is 1. The second kappa shape index (κ2) is 5.93. The average molecular weight is 269 g/mol. The van der Waals surface area contributed by atoms with Gasteiger partial charge in [0.15, 0.2) is 0 Å². The zero-order chi connectivity index (χ0) is 14.8. The van der Waals surface area contributed by atoms with Gasteiger partial charge in [-0.15, -0.1) is 0 Å². The van der Waals surface area contributed by atoms with Crippen molar-refractivity contribution in [3.8, 4) is 0 Å². The van der Waals surface area contributed by atoms with E-state index < -0.39 is 12.0 Å². The molecular weight excluding hydrogens is 242 g/mol. The molecule has 0 bridgehead atoms. The van der Waals surface area contributed by atoms with Gasteiger partial charge >= 0.3 is 5.97 Å². The molecule has 110 valence electrons. The number of carboxylic acids is 1. The molecule has 0 aromatic heterocycles. The molecule has 4 nitrogen and oxygen atoms in total. The molecule has 0 heterocycles. The minimum atomic E-state index is -0.952. The van der Waals surface area contributed by atoms with Gasteiger partial charge in [-0.1, -0.05) is 34.6 Å². The Morgan fingerprint density at radius 2 is 1.84 bits per heavy atom. The molecule has 1 amide bonds. The summed E-state index contributed by atoms with van der Waals surface area (Å²) in [4.78, 5) is 23.4. The summed E-state index contributed by atoms with van der Waals surface area (Å²) in [7, 11) is 0. The third-order valence-electron chi connectivity index (χ3n) is 3.99. The molecule has 0 saturated heterocycles. The SMILES string of the molecule is CC1CC(C(=O)NC(C(=O)O)C(C)C)CC(C)(C)C1. The van der Waals surface area contributed by atoms with E-state index in [1.165, 1.54) is 0 Å². The highest BCUT2D eigenvalue weighted by Gasteiger charge is 2.37. The quantitative estimate of drug-likeness (QED) is 0.824. The lowest BCUT2D eigenvalue weighted by Crippen LogP contribution is -2.48. The van der Waals surface area contributed by atoms with Gasteiger partial charge < -0.3 is 10.4 Å². The third kappa shape index (κ3) is 4.51. The predicted molar refractivity (Wildman–Crippen MR) is 74.7 cm³/mol. The van der Waals surface area contributed by atoms with E-state index in [-0.39, 0.29) is 23.2 Å². The summed E-state index contributed by atoms with van der Waals surface area (Å²) in [6.45, 7) is 10.2. The van der Waals surface area contributed by atoms with Gasteiger partial charge in [0.05, 0.1) is 0 Å². The van der Waals surface area contributed by atoms with E-state index in [1.54, 1.807) is 0 Å². The minimum absolute atomic E-state index is 0.0562. The molecule has 0 aromatic carbocycles. The van der Waals surface area contributed by atoms with Crippen LogP contribution in [0.15, 0.2) is 0 Å². The largest absolute Gasteiger partial charge is 0.480 e. The van der Waals surface area contributed by atoms with Crippen molar-refractivity contribution in [1.82, 2.24) is 5.32 Å². The number of aliphatic carboxylic acids is 1. The lowest BCUT2D eigenvalue weighted by Gasteiger charge is -2.38. The van der Waals surface area contributed by atoms with Crippen LogP contribution in [0.1, 0.15) is 53.9 Å². The summed E-state index contributed by atoms with van der Waals surface area (Å²) in [6.07, 6.45) is 2.83. The summed E-state index contributed by atoms with van der Waals surface area (Å²) in [5.74, 6) is -0.691. The Morgan fingerprint density at radius 1 is 1.26 bits per heavy atom. The first kappa shape index (κ1) is 16.0. The van der Waals surface area contributed by atoms with Crippen LogP contribution < -0.4 is 5.32 Å². The zero-order valence-corrected chi connectivity index (χ0v) is 12.7. The first-order valence-corrected chi connectivity index (χ1v) is 7.15. The highest BCUT2D eigenvalue weighted by atomic mass is 16.4. The van der Waals surface area contributed by atoms with Gasteiger partial charge in [-0.3, -0.25) is 4.79 Å². The fourth-order valence-electron chi connectivity index (χ4n) is 3.33. The van der Waals surface area contributed by atoms with Gasteiger partial charge in [0.1, 0.15) is 6.04 Å². The average Bonchev–Trinajstić information content (AvgIpc) is 2.21. The van der Waals surface area contributed by atoms with Gasteiger partial charge in [0.25, 0.3) is 0 Å². The number of hydrogen-bond donors (Lipinski definition) is 2. The Labute approximate surface area is 116 Å². The summed E-state index contributed by atoms with van der Waals surface area (Å²) < 4.78 is 0. The van der Waals surface area contributed by atoms with Gasteiger partial charge in [-0.25, -0.2) is 4.79 Å². The molecule has 0 radical (unpaired) electrons.